The van der Waals surface area contributed by atoms with Gasteiger partial charge in [-0.05, 0) is 43.5 Å². The Balaban J connectivity index is 1.54. The van der Waals surface area contributed by atoms with Crippen molar-refractivity contribution in [2.75, 3.05) is 24.9 Å². The molecule has 3 aromatic rings. The van der Waals surface area contributed by atoms with Crippen LogP contribution in [-0.4, -0.2) is 49.6 Å². The zero-order chi connectivity index (χ0) is 22.0. The third-order valence-corrected chi connectivity index (χ3v) is 7.78. The molecule has 0 atom stereocenters. The number of rotatable bonds is 6. The van der Waals surface area contributed by atoms with Gasteiger partial charge in [0.2, 0.25) is 5.89 Å². The average molecular weight is 483 g/mol. The minimum atomic E-state index is -3.91. The smallest absolute Gasteiger partial charge is 0.311 e. The number of carbonyl (C=O) groups excluding carboxylic acids is 1. The molecule has 0 unspecified atom stereocenters. The van der Waals surface area contributed by atoms with E-state index in [0.717, 1.165) is 30.6 Å². The number of anilines is 1. The fraction of sp³-hybridized carbons (Fsp3) is 0.316. The van der Waals surface area contributed by atoms with Crippen molar-refractivity contribution in [3.8, 4) is 17.2 Å². The fourth-order valence-electron chi connectivity index (χ4n) is 3.18. The molecule has 1 amide bonds. The number of carbonyl (C=O) groups is 1. The van der Waals surface area contributed by atoms with Gasteiger partial charge >= 0.3 is 11.8 Å². The third-order valence-electron chi connectivity index (χ3n) is 4.74. The normalized spacial score (nSPS) is 14.5. The number of likely N-dealkylation sites (tertiary alicyclic amines) is 1. The van der Waals surface area contributed by atoms with Crippen LogP contribution >= 0.6 is 22.9 Å². The minimum absolute atomic E-state index is 0.0339. The van der Waals surface area contributed by atoms with Gasteiger partial charge in [-0.3, -0.25) is 9.52 Å². The number of amides is 1. The molecule has 12 heteroatoms. The van der Waals surface area contributed by atoms with Crippen LogP contribution in [0.25, 0.3) is 11.5 Å². The number of halogens is 1. The van der Waals surface area contributed by atoms with Gasteiger partial charge in [0.1, 0.15) is 9.96 Å². The van der Waals surface area contributed by atoms with E-state index in [4.69, 9.17) is 20.8 Å². The highest BCUT2D eigenvalue weighted by molar-refractivity contribution is 7.94. The van der Waals surface area contributed by atoms with Gasteiger partial charge in [0.15, 0.2) is 0 Å². The van der Waals surface area contributed by atoms with E-state index >= 15 is 0 Å². The molecule has 1 aliphatic rings. The number of benzene rings is 1. The maximum atomic E-state index is 12.8. The lowest BCUT2D eigenvalue weighted by Crippen LogP contribution is -2.35. The summed E-state index contributed by atoms with van der Waals surface area (Å²) in [4.78, 5) is 14.2. The van der Waals surface area contributed by atoms with Crippen LogP contribution in [0.1, 0.15) is 29.9 Å². The van der Waals surface area contributed by atoms with Gasteiger partial charge in [-0.15, -0.1) is 21.5 Å². The van der Waals surface area contributed by atoms with Gasteiger partial charge in [0.05, 0.1) is 18.4 Å². The van der Waals surface area contributed by atoms with Crippen molar-refractivity contribution in [3.63, 3.8) is 0 Å². The summed E-state index contributed by atoms with van der Waals surface area (Å²) in [7, 11) is -2.48. The molecule has 3 heterocycles. The molecule has 0 aliphatic carbocycles. The zero-order valence-electron chi connectivity index (χ0n) is 16.5. The van der Waals surface area contributed by atoms with Crippen LogP contribution in [0.3, 0.4) is 0 Å². The Hall–Kier alpha value is -2.63. The van der Waals surface area contributed by atoms with Crippen LogP contribution in [0.5, 0.6) is 5.75 Å². The number of nitrogens with one attached hydrogen (secondary N) is 1. The number of methoxy groups -OCH3 is 1. The standard InChI is InChI=1S/C19H19ClN4O5S2/c1-28-15-6-5-13(20)10-14(15)23-31(26,27)16-9-12(11-30-16)17-21-22-18(29-17)19(25)24-7-3-2-4-8-24/h5-6,9-11,23H,2-4,7-8H2,1H3. The van der Waals surface area contributed by atoms with Crippen LogP contribution in [0.4, 0.5) is 5.69 Å². The van der Waals surface area contributed by atoms with Gasteiger partial charge in [-0.25, -0.2) is 8.42 Å². The van der Waals surface area contributed by atoms with Gasteiger partial charge < -0.3 is 14.1 Å². The van der Waals surface area contributed by atoms with E-state index in [1.54, 1.807) is 22.4 Å². The van der Waals surface area contributed by atoms with E-state index in [9.17, 15) is 13.2 Å². The van der Waals surface area contributed by atoms with Gasteiger partial charge in [-0.2, -0.15) is 0 Å². The van der Waals surface area contributed by atoms with E-state index in [1.807, 2.05) is 0 Å². The summed E-state index contributed by atoms with van der Waals surface area (Å²) in [5, 5.41) is 9.69. The van der Waals surface area contributed by atoms with Crippen molar-refractivity contribution in [1.29, 1.82) is 0 Å². The summed E-state index contributed by atoms with van der Waals surface area (Å²) >= 11 is 6.96. The van der Waals surface area contributed by atoms with Crippen molar-refractivity contribution in [3.05, 3.63) is 40.6 Å². The summed E-state index contributed by atoms with van der Waals surface area (Å²) in [6, 6.07) is 6.04. The summed E-state index contributed by atoms with van der Waals surface area (Å²) in [6.07, 6.45) is 2.99. The lowest BCUT2D eigenvalue weighted by Gasteiger charge is -2.24. The molecule has 2 aromatic heterocycles. The molecule has 0 radical (unpaired) electrons. The number of hydrogen-bond acceptors (Lipinski definition) is 8. The van der Waals surface area contributed by atoms with Crippen LogP contribution in [0.15, 0.2) is 38.3 Å². The minimum Gasteiger partial charge on any atom is -0.495 e. The Bertz CT molecular complexity index is 1200. The first-order chi connectivity index (χ1) is 14.9. The summed E-state index contributed by atoms with van der Waals surface area (Å²) in [5.41, 5.74) is 0.630. The Morgan fingerprint density at radius 2 is 2.00 bits per heavy atom. The second-order valence-electron chi connectivity index (χ2n) is 6.87. The van der Waals surface area contributed by atoms with Gasteiger partial charge in [0.25, 0.3) is 10.0 Å². The number of thiophene rings is 1. The molecule has 0 saturated carbocycles. The molecular formula is C19H19ClN4O5S2. The highest BCUT2D eigenvalue weighted by atomic mass is 35.5. The molecular weight excluding hydrogens is 464 g/mol. The van der Waals surface area contributed by atoms with Crippen molar-refractivity contribution >= 4 is 44.6 Å². The molecule has 164 valence electrons. The summed E-state index contributed by atoms with van der Waals surface area (Å²) < 4.78 is 38.8. The number of sulfonamides is 1. The molecule has 1 saturated heterocycles. The maximum Gasteiger partial charge on any atom is 0.311 e. The SMILES string of the molecule is COc1ccc(Cl)cc1NS(=O)(=O)c1cc(-c2nnc(C(=O)N3CCCCC3)o2)cs1. The van der Waals surface area contributed by atoms with E-state index in [-0.39, 0.29) is 27.6 Å². The van der Waals surface area contributed by atoms with Gasteiger partial charge in [-0.1, -0.05) is 11.6 Å². The van der Waals surface area contributed by atoms with Crippen LogP contribution in [-0.2, 0) is 10.0 Å². The molecule has 0 bridgehead atoms. The molecule has 0 spiro atoms. The number of ether oxygens (including phenoxy) is 1. The van der Waals surface area contributed by atoms with Crippen LogP contribution in [0.2, 0.25) is 5.02 Å². The van der Waals surface area contributed by atoms with Gasteiger partial charge in [0, 0.05) is 23.5 Å². The highest BCUT2D eigenvalue weighted by Gasteiger charge is 2.25. The first-order valence-electron chi connectivity index (χ1n) is 9.45. The number of aromatic nitrogens is 2. The first-order valence-corrected chi connectivity index (χ1v) is 12.2. The number of piperidine rings is 1. The highest BCUT2D eigenvalue weighted by Crippen LogP contribution is 2.33. The molecule has 1 N–H and O–H groups in total. The lowest BCUT2D eigenvalue weighted by molar-refractivity contribution is 0.0684. The van der Waals surface area contributed by atoms with Crippen molar-refractivity contribution in [1.82, 2.24) is 15.1 Å². The monoisotopic (exact) mass is 482 g/mol. The Morgan fingerprint density at radius 1 is 1.23 bits per heavy atom. The van der Waals surface area contributed by atoms with E-state index < -0.39 is 10.0 Å². The Labute approximate surface area is 188 Å². The van der Waals surface area contributed by atoms with E-state index in [2.05, 4.69) is 14.9 Å². The summed E-state index contributed by atoms with van der Waals surface area (Å²) in [6.45, 7) is 1.33. The number of hydrogen-bond donors (Lipinski definition) is 1. The average Bonchev–Trinajstić information content (AvgIpc) is 3.44. The van der Waals surface area contributed by atoms with Crippen LogP contribution < -0.4 is 9.46 Å². The molecule has 9 nitrogen and oxygen atoms in total. The first kappa shape index (κ1) is 21.6. The second kappa shape index (κ2) is 8.85. The van der Waals surface area contributed by atoms with Crippen molar-refractivity contribution in [2.24, 2.45) is 0 Å². The van der Waals surface area contributed by atoms with E-state index in [1.165, 1.54) is 19.2 Å². The molecule has 1 aromatic carbocycles. The fourth-order valence-corrected chi connectivity index (χ4v) is 5.57. The zero-order valence-corrected chi connectivity index (χ0v) is 18.9. The third kappa shape index (κ3) is 4.68. The summed E-state index contributed by atoms with van der Waals surface area (Å²) in [5.74, 6) is 0.00598. The van der Waals surface area contributed by atoms with Crippen molar-refractivity contribution in [2.45, 2.75) is 23.5 Å². The largest absolute Gasteiger partial charge is 0.495 e. The lowest BCUT2D eigenvalue weighted by atomic mass is 10.1. The molecule has 31 heavy (non-hydrogen) atoms. The topological polar surface area (TPSA) is 115 Å². The Morgan fingerprint density at radius 3 is 2.74 bits per heavy atom. The number of nitrogens with zero attached hydrogens (tertiary/aromatic N) is 3. The van der Waals surface area contributed by atoms with Crippen molar-refractivity contribution < 1.29 is 22.4 Å². The Kier molecular flexibility index (Phi) is 6.17. The predicted octanol–water partition coefficient (Wildman–Crippen LogP) is 3.89. The molecule has 4 rings (SSSR count). The second-order valence-corrected chi connectivity index (χ2v) is 10.1. The molecule has 1 aliphatic heterocycles. The van der Waals surface area contributed by atoms with E-state index in [0.29, 0.717) is 29.4 Å². The van der Waals surface area contributed by atoms with Crippen LogP contribution in [0, 0.1) is 0 Å². The molecule has 1 fully saturated rings. The predicted molar refractivity (Wildman–Crippen MR) is 116 cm³/mol. The maximum absolute atomic E-state index is 12.8. The quantitative estimate of drug-likeness (QED) is 0.566.